The van der Waals surface area contributed by atoms with Crippen molar-refractivity contribution in [3.8, 4) is 11.1 Å². The Morgan fingerprint density at radius 1 is 1.07 bits per heavy atom. The van der Waals surface area contributed by atoms with Crippen LogP contribution < -0.4 is 16.4 Å². The van der Waals surface area contributed by atoms with Gasteiger partial charge in [-0.25, -0.2) is 28.6 Å². The first-order chi connectivity index (χ1) is 19.0. The Hall–Kier alpha value is -4.75. The molecule has 14 heteroatoms. The Morgan fingerprint density at radius 3 is 2.42 bits per heavy atom. The average Bonchev–Trinajstić information content (AvgIpc) is 3.30. The van der Waals surface area contributed by atoms with Gasteiger partial charge in [-0.3, -0.25) is 4.79 Å². The number of primary amides is 1. The monoisotopic (exact) mass is 556 g/mol. The van der Waals surface area contributed by atoms with Crippen molar-refractivity contribution in [3.63, 3.8) is 0 Å². The number of aromatic nitrogens is 4. The van der Waals surface area contributed by atoms with E-state index in [0.717, 1.165) is 24.0 Å². The standard InChI is InChI=1S/C26H24F4N8O2/c1-14(39)36-8-5-15(6-9-36)21-12-18(23-24(31)34-13-35-38(21)23)16-2-3-20(19(27)10-16)37(25(32)40)22-11-17(4-7-33-22)26(28,29)30/h2-4,7,10-13,15H,5-6,8-9H2,1H3,(H2,32,40)(H2,31,34,35). The van der Waals surface area contributed by atoms with Gasteiger partial charge in [-0.05, 0) is 48.7 Å². The van der Waals surface area contributed by atoms with Crippen molar-refractivity contribution in [2.45, 2.75) is 31.9 Å². The first kappa shape index (κ1) is 26.8. The first-order valence-electron chi connectivity index (χ1n) is 12.3. The molecular weight excluding hydrogens is 532 g/mol. The highest BCUT2D eigenvalue weighted by atomic mass is 19.4. The van der Waals surface area contributed by atoms with Crippen LogP contribution in [0.1, 0.15) is 36.9 Å². The quantitative estimate of drug-likeness (QED) is 0.356. The Morgan fingerprint density at radius 2 is 1.80 bits per heavy atom. The Balaban J connectivity index is 1.55. The van der Waals surface area contributed by atoms with E-state index >= 15 is 4.39 Å². The number of alkyl halides is 3. The van der Waals surface area contributed by atoms with Crippen LogP contribution in [0.2, 0.25) is 0 Å². The van der Waals surface area contributed by atoms with Crippen LogP contribution in [0.25, 0.3) is 16.6 Å². The van der Waals surface area contributed by atoms with Crippen molar-refractivity contribution in [3.05, 3.63) is 66.0 Å². The van der Waals surface area contributed by atoms with Crippen molar-refractivity contribution in [1.82, 2.24) is 24.5 Å². The van der Waals surface area contributed by atoms with E-state index in [9.17, 15) is 22.8 Å². The molecule has 4 heterocycles. The fourth-order valence-electron chi connectivity index (χ4n) is 5.02. The minimum atomic E-state index is -4.71. The molecular formula is C26H24F4N8O2. The van der Waals surface area contributed by atoms with Crippen molar-refractivity contribution in [2.24, 2.45) is 5.73 Å². The van der Waals surface area contributed by atoms with E-state index in [4.69, 9.17) is 11.5 Å². The van der Waals surface area contributed by atoms with Gasteiger partial charge in [0.15, 0.2) is 5.82 Å². The van der Waals surface area contributed by atoms with E-state index < -0.39 is 29.4 Å². The highest BCUT2D eigenvalue weighted by Gasteiger charge is 2.32. The molecule has 3 amide bonds. The van der Waals surface area contributed by atoms with Gasteiger partial charge in [-0.15, -0.1) is 0 Å². The number of carbonyl (C=O) groups excluding carboxylic acids is 2. The number of amides is 3. The number of likely N-dealkylation sites (tertiary alicyclic amines) is 1. The molecule has 1 fully saturated rings. The van der Waals surface area contributed by atoms with Gasteiger partial charge in [0.05, 0.1) is 11.3 Å². The van der Waals surface area contributed by atoms with Crippen molar-refractivity contribution in [2.75, 3.05) is 23.7 Å². The molecule has 40 heavy (non-hydrogen) atoms. The number of hydrogen-bond acceptors (Lipinski definition) is 6. The van der Waals surface area contributed by atoms with Crippen LogP contribution in [0.15, 0.2) is 48.9 Å². The fraction of sp³-hybridized carbons (Fsp3) is 0.269. The molecule has 1 aromatic carbocycles. The van der Waals surface area contributed by atoms with Gasteiger partial charge < -0.3 is 16.4 Å². The van der Waals surface area contributed by atoms with Gasteiger partial charge in [0.2, 0.25) is 5.91 Å². The zero-order valence-electron chi connectivity index (χ0n) is 21.2. The summed E-state index contributed by atoms with van der Waals surface area (Å²) < 4.78 is 56.9. The lowest BCUT2D eigenvalue weighted by molar-refractivity contribution is -0.137. The van der Waals surface area contributed by atoms with Crippen LogP contribution in [0.3, 0.4) is 0 Å². The minimum Gasteiger partial charge on any atom is -0.382 e. The van der Waals surface area contributed by atoms with Gasteiger partial charge in [0, 0.05) is 43.4 Å². The third kappa shape index (κ3) is 4.87. The highest BCUT2D eigenvalue weighted by molar-refractivity contribution is 5.98. The minimum absolute atomic E-state index is 0.00614. The summed E-state index contributed by atoms with van der Waals surface area (Å²) in [5, 5.41) is 4.36. The van der Waals surface area contributed by atoms with Crippen LogP contribution in [0, 0.1) is 5.82 Å². The lowest BCUT2D eigenvalue weighted by Crippen LogP contribution is -2.36. The summed E-state index contributed by atoms with van der Waals surface area (Å²) in [5.74, 6) is -1.20. The summed E-state index contributed by atoms with van der Waals surface area (Å²) in [6.07, 6.45) is -1.14. The molecule has 4 aromatic rings. The summed E-state index contributed by atoms with van der Waals surface area (Å²) in [5.41, 5.74) is 12.3. The molecule has 0 bridgehead atoms. The predicted molar refractivity (Wildman–Crippen MR) is 138 cm³/mol. The summed E-state index contributed by atoms with van der Waals surface area (Å²) in [6.45, 7) is 2.69. The highest BCUT2D eigenvalue weighted by Crippen LogP contribution is 2.39. The molecule has 10 nitrogen and oxygen atoms in total. The topological polar surface area (TPSA) is 136 Å². The number of nitrogen functional groups attached to an aromatic ring is 1. The van der Waals surface area contributed by atoms with E-state index in [1.165, 1.54) is 25.4 Å². The van der Waals surface area contributed by atoms with Gasteiger partial charge in [0.1, 0.15) is 23.5 Å². The molecule has 3 aromatic heterocycles. The molecule has 208 valence electrons. The lowest BCUT2D eigenvalue weighted by atomic mass is 9.93. The molecule has 0 unspecified atom stereocenters. The Labute approximate surface area is 225 Å². The molecule has 4 N–H and O–H groups in total. The molecule has 0 spiro atoms. The predicted octanol–water partition coefficient (Wildman–Crippen LogP) is 4.47. The number of nitrogens with two attached hydrogens (primary N) is 2. The maximum absolute atomic E-state index is 15.5. The number of hydrogen-bond donors (Lipinski definition) is 2. The Kier molecular flexibility index (Phi) is 6.77. The molecule has 1 saturated heterocycles. The molecule has 0 saturated carbocycles. The van der Waals surface area contributed by atoms with Crippen LogP contribution in [-0.4, -0.2) is 49.5 Å². The molecule has 1 aliphatic rings. The second-order valence-corrected chi connectivity index (χ2v) is 9.41. The van der Waals surface area contributed by atoms with Gasteiger partial charge in [-0.1, -0.05) is 6.07 Å². The van der Waals surface area contributed by atoms with Crippen molar-refractivity contribution in [1.29, 1.82) is 0 Å². The molecule has 0 radical (unpaired) electrons. The number of urea groups is 1. The lowest BCUT2D eigenvalue weighted by Gasteiger charge is -2.31. The van der Waals surface area contributed by atoms with E-state index in [2.05, 4.69) is 15.1 Å². The van der Waals surface area contributed by atoms with Crippen LogP contribution in [-0.2, 0) is 11.0 Å². The second kappa shape index (κ2) is 10.1. The SMILES string of the molecule is CC(=O)N1CCC(c2cc(-c3ccc(N(C(N)=O)c4cc(C(F)(F)F)ccn4)c(F)c3)c3c(N)ncnn23)CC1. The number of rotatable bonds is 4. The van der Waals surface area contributed by atoms with Gasteiger partial charge in [0.25, 0.3) is 0 Å². The molecule has 0 atom stereocenters. The molecule has 5 rings (SSSR count). The number of anilines is 3. The number of piperidine rings is 1. The first-order valence-corrected chi connectivity index (χ1v) is 12.3. The third-order valence-corrected chi connectivity index (χ3v) is 6.99. The van der Waals surface area contributed by atoms with E-state index in [0.29, 0.717) is 53.5 Å². The number of halogens is 4. The molecule has 0 aliphatic carbocycles. The Bertz CT molecular complexity index is 1610. The summed E-state index contributed by atoms with van der Waals surface area (Å²) in [7, 11) is 0. The summed E-state index contributed by atoms with van der Waals surface area (Å²) in [6, 6.07) is 5.81. The zero-order chi connectivity index (χ0) is 28.8. The van der Waals surface area contributed by atoms with E-state index in [1.54, 1.807) is 9.42 Å². The van der Waals surface area contributed by atoms with Crippen LogP contribution >= 0.6 is 0 Å². The smallest absolute Gasteiger partial charge is 0.382 e. The van der Waals surface area contributed by atoms with Gasteiger partial charge >= 0.3 is 12.2 Å². The average molecular weight is 557 g/mol. The number of carbonyl (C=O) groups is 2. The largest absolute Gasteiger partial charge is 0.416 e. The molecule has 1 aliphatic heterocycles. The summed E-state index contributed by atoms with van der Waals surface area (Å²) >= 11 is 0. The van der Waals surface area contributed by atoms with E-state index in [1.807, 2.05) is 6.07 Å². The number of fused-ring (bicyclic) bond motifs is 1. The number of benzene rings is 1. The van der Waals surface area contributed by atoms with Crippen LogP contribution in [0.5, 0.6) is 0 Å². The number of pyridine rings is 1. The summed E-state index contributed by atoms with van der Waals surface area (Å²) in [4.78, 5) is 34.2. The van der Waals surface area contributed by atoms with Crippen molar-refractivity contribution >= 4 is 34.8 Å². The van der Waals surface area contributed by atoms with E-state index in [-0.39, 0.29) is 23.3 Å². The fourth-order valence-corrected chi connectivity index (χ4v) is 5.02. The van der Waals surface area contributed by atoms with Gasteiger partial charge in [-0.2, -0.15) is 18.3 Å². The zero-order valence-corrected chi connectivity index (χ0v) is 21.2. The van der Waals surface area contributed by atoms with Crippen molar-refractivity contribution < 1.29 is 27.2 Å². The second-order valence-electron chi connectivity index (χ2n) is 9.41. The normalized spacial score (nSPS) is 14.5. The van der Waals surface area contributed by atoms with Crippen LogP contribution in [0.4, 0.5) is 39.7 Å². The number of nitrogens with zero attached hydrogens (tertiary/aromatic N) is 6. The third-order valence-electron chi connectivity index (χ3n) is 6.99. The maximum Gasteiger partial charge on any atom is 0.416 e. The maximum atomic E-state index is 15.5.